The molecule has 0 saturated carbocycles. The molecule has 6 nitrogen and oxygen atoms in total. The number of hydrogen-bond acceptors (Lipinski definition) is 4. The Hall–Kier alpha value is -2.52. The molecule has 22 heavy (non-hydrogen) atoms. The van der Waals surface area contributed by atoms with Gasteiger partial charge in [-0.1, -0.05) is 12.1 Å². The van der Waals surface area contributed by atoms with Crippen LogP contribution in [0.25, 0.3) is 0 Å². The molecule has 0 fully saturated rings. The highest BCUT2D eigenvalue weighted by Gasteiger charge is 2.24. The molecule has 0 unspecified atom stereocenters. The molecule has 1 amide bonds. The lowest BCUT2D eigenvalue weighted by Crippen LogP contribution is -2.41. The quantitative estimate of drug-likeness (QED) is 0.400. The Kier molecular flexibility index (Phi) is 5.96. The van der Waals surface area contributed by atoms with Crippen molar-refractivity contribution in [2.75, 3.05) is 13.9 Å². The van der Waals surface area contributed by atoms with Crippen molar-refractivity contribution in [2.24, 2.45) is 0 Å². The Labute approximate surface area is 129 Å². The van der Waals surface area contributed by atoms with E-state index in [1.165, 1.54) is 13.2 Å². The smallest absolute Gasteiger partial charge is 0.419 e. The summed E-state index contributed by atoms with van der Waals surface area (Å²) in [5.41, 5.74) is -0.400. The van der Waals surface area contributed by atoms with E-state index in [1.807, 2.05) is 0 Å². The Morgan fingerprint density at radius 1 is 1.32 bits per heavy atom. The van der Waals surface area contributed by atoms with Gasteiger partial charge in [0.1, 0.15) is 5.75 Å². The zero-order valence-electron chi connectivity index (χ0n) is 13.0. The van der Waals surface area contributed by atoms with Crippen molar-refractivity contribution >= 4 is 11.9 Å². The van der Waals surface area contributed by atoms with Crippen LogP contribution in [0.1, 0.15) is 31.1 Å². The molecule has 1 aromatic rings. The van der Waals surface area contributed by atoms with Crippen LogP contribution in [0.15, 0.2) is 24.3 Å². The maximum atomic E-state index is 12.0. The summed E-state index contributed by atoms with van der Waals surface area (Å²) in [4.78, 5) is 24.1. The molecule has 6 heteroatoms. The van der Waals surface area contributed by atoms with Gasteiger partial charge >= 0.3 is 6.09 Å². The summed E-state index contributed by atoms with van der Waals surface area (Å²) in [6.07, 6.45) is -1.20. The van der Waals surface area contributed by atoms with Gasteiger partial charge in [-0.3, -0.25) is 4.79 Å². The number of ketones is 1. The third-order valence-corrected chi connectivity index (χ3v) is 2.58. The van der Waals surface area contributed by atoms with E-state index < -0.39 is 17.4 Å². The molecule has 0 heterocycles. The fourth-order valence-corrected chi connectivity index (χ4v) is 1.54. The summed E-state index contributed by atoms with van der Waals surface area (Å²) in [6.45, 7) is 5.15. The van der Waals surface area contributed by atoms with Crippen LogP contribution in [0, 0.1) is 12.0 Å². The molecule has 0 aromatic heterocycles. The van der Waals surface area contributed by atoms with Gasteiger partial charge in [-0.2, -0.15) is 0 Å². The Morgan fingerprint density at radius 2 is 2.00 bits per heavy atom. The molecular weight excluding hydrogens is 286 g/mol. The van der Waals surface area contributed by atoms with E-state index in [1.54, 1.807) is 39.0 Å². The lowest BCUT2D eigenvalue weighted by Gasteiger charge is -2.27. The van der Waals surface area contributed by atoms with Crippen molar-refractivity contribution in [3.8, 4) is 17.7 Å². The summed E-state index contributed by atoms with van der Waals surface area (Å²) in [5.74, 6) is 2.32. The number of carbonyl (C=O) groups excluding carboxylic acids is 1. The third kappa shape index (κ3) is 5.11. The number of carboxylic acid groups (broad SMARTS) is 1. The molecule has 0 atom stereocenters. The highest BCUT2D eigenvalue weighted by atomic mass is 16.7. The van der Waals surface area contributed by atoms with E-state index in [0.717, 1.165) is 4.90 Å². The van der Waals surface area contributed by atoms with Gasteiger partial charge in [0.25, 0.3) is 0 Å². The number of hydrogen-bond donors (Lipinski definition) is 1. The van der Waals surface area contributed by atoms with E-state index in [9.17, 15) is 9.59 Å². The molecule has 1 N–H and O–H groups in total. The Balaban J connectivity index is 2.94. The van der Waals surface area contributed by atoms with Crippen molar-refractivity contribution in [3.63, 3.8) is 0 Å². The summed E-state index contributed by atoms with van der Waals surface area (Å²) in [6, 6.07) is 8.83. The number of amides is 1. The number of carbonyl (C=O) groups is 2. The second kappa shape index (κ2) is 7.48. The zero-order valence-corrected chi connectivity index (χ0v) is 13.0. The topological polar surface area (TPSA) is 76.1 Å². The molecule has 0 radical (unpaired) electrons. The fourth-order valence-electron chi connectivity index (χ4n) is 1.54. The number of rotatable bonds is 4. The lowest BCUT2D eigenvalue weighted by molar-refractivity contribution is 0.0510. The first-order valence-electron chi connectivity index (χ1n) is 6.56. The average molecular weight is 305 g/mol. The largest absolute Gasteiger partial charge is 0.468 e. The monoisotopic (exact) mass is 305 g/mol. The average Bonchev–Trinajstić information content (AvgIpc) is 2.43. The second-order valence-corrected chi connectivity index (χ2v) is 5.43. The number of methoxy groups -OCH3 is 1. The summed E-state index contributed by atoms with van der Waals surface area (Å²) < 4.78 is 10.0. The van der Waals surface area contributed by atoms with E-state index >= 15 is 0 Å². The Bertz CT molecular complexity index is 607. The van der Waals surface area contributed by atoms with Crippen LogP contribution < -0.4 is 4.74 Å². The molecule has 1 rings (SSSR count). The zero-order chi connectivity index (χ0) is 16.8. The maximum Gasteiger partial charge on any atom is 0.419 e. The molecule has 0 saturated heterocycles. The maximum absolute atomic E-state index is 12.0. The van der Waals surface area contributed by atoms with Gasteiger partial charge in [-0.25, -0.2) is 9.69 Å². The minimum absolute atomic E-state index is 0.0696. The van der Waals surface area contributed by atoms with Crippen molar-refractivity contribution in [3.05, 3.63) is 29.8 Å². The van der Waals surface area contributed by atoms with Crippen molar-refractivity contribution in [1.29, 1.82) is 0 Å². The predicted molar refractivity (Wildman–Crippen MR) is 80.7 cm³/mol. The molecule has 0 aliphatic carbocycles. The summed E-state index contributed by atoms with van der Waals surface area (Å²) in [7, 11) is 1.49. The Morgan fingerprint density at radius 3 is 2.55 bits per heavy atom. The normalized spacial score (nSPS) is 10.4. The van der Waals surface area contributed by atoms with Crippen LogP contribution in [-0.2, 0) is 4.74 Å². The van der Waals surface area contributed by atoms with E-state index in [2.05, 4.69) is 12.0 Å². The van der Waals surface area contributed by atoms with Crippen LogP contribution in [0.2, 0.25) is 0 Å². The van der Waals surface area contributed by atoms with Crippen molar-refractivity contribution < 1.29 is 24.2 Å². The van der Waals surface area contributed by atoms with Gasteiger partial charge in [0.2, 0.25) is 5.78 Å². The van der Waals surface area contributed by atoms with E-state index in [0.29, 0.717) is 11.3 Å². The molecule has 118 valence electrons. The summed E-state index contributed by atoms with van der Waals surface area (Å²) in [5, 5.41) is 9.11. The number of ether oxygens (including phenoxy) is 2. The standard InChI is InChI=1S/C16H19NO5/c1-16(2,3)17(15(19)20)9-8-14(18)12-6-5-7-13(10-12)22-11-21-4/h5-7,10H,11H2,1-4H3,(H,19,20). The van der Waals surface area contributed by atoms with Crippen LogP contribution >= 0.6 is 0 Å². The van der Waals surface area contributed by atoms with E-state index in [4.69, 9.17) is 14.6 Å². The molecule has 0 spiro atoms. The fraction of sp³-hybridized carbons (Fsp3) is 0.375. The highest BCUT2D eigenvalue weighted by molar-refractivity contribution is 6.09. The second-order valence-electron chi connectivity index (χ2n) is 5.43. The minimum Gasteiger partial charge on any atom is -0.468 e. The molecule has 0 aliphatic rings. The van der Waals surface area contributed by atoms with Gasteiger partial charge in [0.05, 0.1) is 5.54 Å². The van der Waals surface area contributed by atoms with Gasteiger partial charge in [0.15, 0.2) is 6.79 Å². The number of nitrogens with zero attached hydrogens (tertiary/aromatic N) is 1. The molecular formula is C16H19NO5. The van der Waals surface area contributed by atoms with Gasteiger partial charge < -0.3 is 14.6 Å². The van der Waals surface area contributed by atoms with Crippen LogP contribution in [0.5, 0.6) is 5.75 Å². The number of benzene rings is 1. The molecule has 0 bridgehead atoms. The SMILES string of the molecule is COCOc1cccc(C(=O)C#CN(C(=O)O)C(C)(C)C)c1. The van der Waals surface area contributed by atoms with Gasteiger partial charge in [-0.05, 0) is 32.9 Å². The van der Waals surface area contributed by atoms with Crippen molar-refractivity contribution in [1.82, 2.24) is 4.90 Å². The lowest BCUT2D eigenvalue weighted by atomic mass is 10.1. The first kappa shape index (κ1) is 17.5. The minimum atomic E-state index is -1.20. The van der Waals surface area contributed by atoms with E-state index in [-0.39, 0.29) is 6.79 Å². The highest BCUT2D eigenvalue weighted by Crippen LogP contribution is 2.14. The van der Waals surface area contributed by atoms with Crippen molar-refractivity contribution in [2.45, 2.75) is 26.3 Å². The van der Waals surface area contributed by atoms with Crippen LogP contribution in [0.4, 0.5) is 4.79 Å². The van der Waals surface area contributed by atoms with Gasteiger partial charge in [0, 0.05) is 24.6 Å². The molecule has 1 aromatic carbocycles. The first-order chi connectivity index (χ1) is 10.3. The van der Waals surface area contributed by atoms with Gasteiger partial charge in [-0.15, -0.1) is 0 Å². The summed E-state index contributed by atoms with van der Waals surface area (Å²) >= 11 is 0. The van der Waals surface area contributed by atoms with Crippen LogP contribution in [0.3, 0.4) is 0 Å². The first-order valence-corrected chi connectivity index (χ1v) is 6.56. The third-order valence-electron chi connectivity index (χ3n) is 2.58. The number of Topliss-reactive ketones (excluding diaryl/α,β-unsaturated/α-hetero) is 1. The molecule has 0 aliphatic heterocycles. The predicted octanol–water partition coefficient (Wildman–Crippen LogP) is 2.59. The van der Waals surface area contributed by atoms with Crippen LogP contribution in [-0.4, -0.2) is 41.3 Å².